The van der Waals surface area contributed by atoms with E-state index in [9.17, 15) is 0 Å². The molecule has 19 heavy (non-hydrogen) atoms. The van der Waals surface area contributed by atoms with Crippen molar-refractivity contribution in [2.24, 2.45) is 11.7 Å². The average Bonchev–Trinajstić information content (AvgIpc) is 2.78. The Morgan fingerprint density at radius 2 is 2.26 bits per heavy atom. The molecule has 0 amide bonds. The van der Waals surface area contributed by atoms with Gasteiger partial charge < -0.3 is 15.0 Å². The number of hydrogen-bond donors (Lipinski definition) is 1. The van der Waals surface area contributed by atoms with E-state index < -0.39 is 5.54 Å². The van der Waals surface area contributed by atoms with Crippen LogP contribution in [0.15, 0.2) is 4.52 Å². The fourth-order valence-corrected chi connectivity index (χ4v) is 2.85. The smallest absolute Gasteiger partial charge is 0.246 e. The van der Waals surface area contributed by atoms with Crippen molar-refractivity contribution in [3.63, 3.8) is 0 Å². The van der Waals surface area contributed by atoms with Gasteiger partial charge in [0.2, 0.25) is 11.7 Å². The van der Waals surface area contributed by atoms with Crippen molar-refractivity contribution < 1.29 is 9.26 Å². The van der Waals surface area contributed by atoms with E-state index in [4.69, 9.17) is 15.0 Å². The zero-order valence-electron chi connectivity index (χ0n) is 12.4. The van der Waals surface area contributed by atoms with Crippen LogP contribution in [0.5, 0.6) is 0 Å². The molecule has 2 N–H and O–H groups in total. The molecule has 1 saturated carbocycles. The third-order valence-electron chi connectivity index (χ3n) is 3.76. The first-order chi connectivity index (χ1) is 8.87. The monoisotopic (exact) mass is 267 g/mol. The first-order valence-electron chi connectivity index (χ1n) is 7.15. The van der Waals surface area contributed by atoms with Crippen LogP contribution in [0.3, 0.4) is 0 Å². The molecule has 108 valence electrons. The van der Waals surface area contributed by atoms with Crippen molar-refractivity contribution in [1.82, 2.24) is 10.1 Å². The number of ether oxygens (including phenoxy) is 1. The highest BCUT2D eigenvalue weighted by atomic mass is 16.5. The van der Waals surface area contributed by atoms with Gasteiger partial charge in [-0.25, -0.2) is 0 Å². The van der Waals surface area contributed by atoms with E-state index in [-0.39, 0.29) is 5.60 Å². The number of aromatic nitrogens is 2. The molecule has 1 aromatic heterocycles. The zero-order valence-corrected chi connectivity index (χ0v) is 12.4. The Labute approximate surface area is 114 Å². The summed E-state index contributed by atoms with van der Waals surface area (Å²) in [7, 11) is 0. The second kappa shape index (κ2) is 5.21. The number of rotatable bonds is 4. The van der Waals surface area contributed by atoms with Crippen molar-refractivity contribution >= 4 is 0 Å². The second-order valence-corrected chi connectivity index (χ2v) is 6.27. The summed E-state index contributed by atoms with van der Waals surface area (Å²) in [5.41, 5.74) is 5.01. The van der Waals surface area contributed by atoms with Crippen LogP contribution in [-0.2, 0) is 15.9 Å². The molecule has 1 aliphatic carbocycles. The highest BCUT2D eigenvalue weighted by Crippen LogP contribution is 2.42. The Bertz CT molecular complexity index is 421. The van der Waals surface area contributed by atoms with Gasteiger partial charge in [-0.3, -0.25) is 0 Å². The Morgan fingerprint density at radius 1 is 1.53 bits per heavy atom. The van der Waals surface area contributed by atoms with Gasteiger partial charge in [-0.05, 0) is 46.0 Å². The summed E-state index contributed by atoms with van der Waals surface area (Å²) in [6, 6.07) is 0. The Balaban J connectivity index is 2.31. The molecule has 5 heteroatoms. The first-order valence-corrected chi connectivity index (χ1v) is 7.15. The average molecular weight is 267 g/mol. The summed E-state index contributed by atoms with van der Waals surface area (Å²) in [5, 5.41) is 4.14. The SMILES string of the molecule is CCOC1(c2noc(C(C)(C)N)n2)CCCC(C)C1. The van der Waals surface area contributed by atoms with Crippen molar-refractivity contribution in [3.8, 4) is 0 Å². The summed E-state index contributed by atoms with van der Waals surface area (Å²) in [6.45, 7) is 8.64. The van der Waals surface area contributed by atoms with E-state index in [1.54, 1.807) is 0 Å². The molecule has 2 atom stereocenters. The molecule has 1 aliphatic rings. The standard InChI is InChI=1S/C14H25N3O2/c1-5-18-14(8-6-7-10(2)9-14)11-16-12(19-17-11)13(3,4)15/h10H,5-9,15H2,1-4H3. The largest absolute Gasteiger partial charge is 0.367 e. The summed E-state index contributed by atoms with van der Waals surface area (Å²) >= 11 is 0. The van der Waals surface area contributed by atoms with Crippen LogP contribution in [0.4, 0.5) is 0 Å². The van der Waals surface area contributed by atoms with E-state index in [1.807, 2.05) is 20.8 Å². The molecule has 1 heterocycles. The minimum Gasteiger partial charge on any atom is -0.367 e. The van der Waals surface area contributed by atoms with E-state index >= 15 is 0 Å². The molecule has 0 saturated heterocycles. The zero-order chi connectivity index (χ0) is 14.1. The fourth-order valence-electron chi connectivity index (χ4n) is 2.85. The third-order valence-corrected chi connectivity index (χ3v) is 3.76. The Kier molecular flexibility index (Phi) is 3.97. The molecule has 0 spiro atoms. The lowest BCUT2D eigenvalue weighted by Crippen LogP contribution is -2.37. The van der Waals surface area contributed by atoms with Crippen LogP contribution in [0.25, 0.3) is 0 Å². The normalized spacial score (nSPS) is 28.6. The number of nitrogens with zero attached hydrogens (tertiary/aromatic N) is 2. The Morgan fingerprint density at radius 3 is 2.79 bits per heavy atom. The summed E-state index contributed by atoms with van der Waals surface area (Å²) in [4.78, 5) is 4.50. The summed E-state index contributed by atoms with van der Waals surface area (Å²) < 4.78 is 11.3. The molecule has 1 fully saturated rings. The first kappa shape index (κ1) is 14.5. The molecule has 2 rings (SSSR count). The molecular weight excluding hydrogens is 242 g/mol. The maximum absolute atomic E-state index is 6.03. The quantitative estimate of drug-likeness (QED) is 0.907. The van der Waals surface area contributed by atoms with Gasteiger partial charge in [0.25, 0.3) is 0 Å². The van der Waals surface area contributed by atoms with Crippen LogP contribution >= 0.6 is 0 Å². The van der Waals surface area contributed by atoms with Crippen molar-refractivity contribution in [2.75, 3.05) is 6.61 Å². The van der Waals surface area contributed by atoms with Crippen molar-refractivity contribution in [3.05, 3.63) is 11.7 Å². The topological polar surface area (TPSA) is 74.2 Å². The predicted molar refractivity (Wildman–Crippen MR) is 72.4 cm³/mol. The van der Waals surface area contributed by atoms with Crippen LogP contribution in [0.1, 0.15) is 65.1 Å². The highest BCUT2D eigenvalue weighted by molar-refractivity contribution is 5.07. The minimum absolute atomic E-state index is 0.389. The lowest BCUT2D eigenvalue weighted by molar-refractivity contribution is -0.0891. The van der Waals surface area contributed by atoms with Crippen LogP contribution in [-0.4, -0.2) is 16.7 Å². The molecule has 0 aromatic carbocycles. The maximum Gasteiger partial charge on any atom is 0.246 e. The molecule has 2 unspecified atom stereocenters. The van der Waals surface area contributed by atoms with Gasteiger partial charge in [-0.1, -0.05) is 18.5 Å². The van der Waals surface area contributed by atoms with Crippen molar-refractivity contribution in [1.29, 1.82) is 0 Å². The molecule has 1 aromatic rings. The van der Waals surface area contributed by atoms with Gasteiger partial charge in [-0.15, -0.1) is 0 Å². The number of nitrogens with two attached hydrogens (primary N) is 1. The summed E-state index contributed by atoms with van der Waals surface area (Å²) in [6.07, 6.45) is 4.28. The van der Waals surface area contributed by atoms with Gasteiger partial charge in [0.05, 0.1) is 5.54 Å². The van der Waals surface area contributed by atoms with Crippen LogP contribution < -0.4 is 5.73 Å². The van der Waals surface area contributed by atoms with Gasteiger partial charge in [0.1, 0.15) is 5.60 Å². The summed E-state index contributed by atoms with van der Waals surface area (Å²) in [5.74, 6) is 1.75. The van der Waals surface area contributed by atoms with E-state index in [0.29, 0.717) is 24.2 Å². The number of hydrogen-bond acceptors (Lipinski definition) is 5. The van der Waals surface area contributed by atoms with Gasteiger partial charge in [-0.2, -0.15) is 4.98 Å². The minimum atomic E-state index is -0.612. The highest BCUT2D eigenvalue weighted by Gasteiger charge is 2.42. The maximum atomic E-state index is 6.03. The van der Waals surface area contributed by atoms with Crippen molar-refractivity contribution in [2.45, 2.75) is 64.5 Å². The van der Waals surface area contributed by atoms with E-state index in [2.05, 4.69) is 17.1 Å². The van der Waals surface area contributed by atoms with Gasteiger partial charge in [0.15, 0.2) is 0 Å². The Hall–Kier alpha value is -0.940. The molecule has 0 aliphatic heterocycles. The second-order valence-electron chi connectivity index (χ2n) is 6.27. The lowest BCUT2D eigenvalue weighted by atomic mass is 9.78. The molecule has 0 bridgehead atoms. The van der Waals surface area contributed by atoms with Gasteiger partial charge in [0, 0.05) is 6.61 Å². The molecule has 0 radical (unpaired) electrons. The molecule has 5 nitrogen and oxygen atoms in total. The fraction of sp³-hybridized carbons (Fsp3) is 0.857. The lowest BCUT2D eigenvalue weighted by Gasteiger charge is -2.37. The third kappa shape index (κ3) is 2.98. The van der Waals surface area contributed by atoms with E-state index in [1.165, 1.54) is 6.42 Å². The molecular formula is C14H25N3O2. The van der Waals surface area contributed by atoms with Gasteiger partial charge >= 0.3 is 0 Å². The van der Waals surface area contributed by atoms with Crippen LogP contribution in [0.2, 0.25) is 0 Å². The predicted octanol–water partition coefficient (Wildman–Crippen LogP) is 2.71. The van der Waals surface area contributed by atoms with Crippen LogP contribution in [0, 0.1) is 5.92 Å². The van der Waals surface area contributed by atoms with E-state index in [0.717, 1.165) is 19.3 Å².